The van der Waals surface area contributed by atoms with Gasteiger partial charge < -0.3 is 14.8 Å². The van der Waals surface area contributed by atoms with Gasteiger partial charge in [-0.3, -0.25) is 19.3 Å². The molecule has 0 spiro atoms. The van der Waals surface area contributed by atoms with E-state index in [1.165, 1.54) is 7.11 Å². The van der Waals surface area contributed by atoms with Crippen molar-refractivity contribution in [2.45, 2.75) is 20.5 Å². The van der Waals surface area contributed by atoms with E-state index in [1.54, 1.807) is 36.4 Å². The third-order valence-electron chi connectivity index (χ3n) is 6.11. The van der Waals surface area contributed by atoms with Crippen molar-refractivity contribution in [3.05, 3.63) is 90.9 Å². The SMILES string of the molecule is COc1cc(/C=C2/SC(=O)N(CC(=O)Nc3cccc(C)c3C)C2=O)cc(I)c1OCc1ccccc1C#N. The molecule has 1 heterocycles. The highest BCUT2D eigenvalue weighted by atomic mass is 127. The second kappa shape index (κ2) is 12.4. The van der Waals surface area contributed by atoms with E-state index in [-0.39, 0.29) is 18.1 Å². The number of thioether (sulfide) groups is 1. The maximum Gasteiger partial charge on any atom is 0.294 e. The van der Waals surface area contributed by atoms with Gasteiger partial charge in [-0.05, 0) is 95.2 Å². The number of rotatable bonds is 8. The molecule has 0 bridgehead atoms. The number of hydrogen-bond donors (Lipinski definition) is 1. The average molecular weight is 653 g/mol. The Labute approximate surface area is 244 Å². The van der Waals surface area contributed by atoms with Crippen molar-refractivity contribution in [3.63, 3.8) is 0 Å². The molecule has 0 aromatic heterocycles. The summed E-state index contributed by atoms with van der Waals surface area (Å²) in [6.45, 7) is 3.63. The zero-order valence-corrected chi connectivity index (χ0v) is 24.4. The normalized spacial score (nSPS) is 13.9. The fourth-order valence-corrected chi connectivity index (χ4v) is 5.50. The number of methoxy groups -OCH3 is 1. The number of anilines is 1. The molecule has 8 nitrogen and oxygen atoms in total. The smallest absolute Gasteiger partial charge is 0.294 e. The largest absolute Gasteiger partial charge is 0.493 e. The molecule has 1 aliphatic rings. The number of nitrogens with zero attached hydrogens (tertiary/aromatic N) is 2. The van der Waals surface area contributed by atoms with Crippen LogP contribution in [0.4, 0.5) is 10.5 Å². The lowest BCUT2D eigenvalue weighted by atomic mass is 10.1. The van der Waals surface area contributed by atoms with E-state index in [9.17, 15) is 19.6 Å². The molecule has 1 N–H and O–H groups in total. The Hall–Kier alpha value is -3.82. The van der Waals surface area contributed by atoms with Crippen LogP contribution in [-0.4, -0.2) is 35.6 Å². The molecule has 0 atom stereocenters. The summed E-state index contributed by atoms with van der Waals surface area (Å²) in [5.41, 5.74) is 4.49. The van der Waals surface area contributed by atoms with Crippen molar-refractivity contribution in [1.29, 1.82) is 5.26 Å². The van der Waals surface area contributed by atoms with Gasteiger partial charge >= 0.3 is 0 Å². The number of nitrogens with one attached hydrogen (secondary N) is 1. The zero-order chi connectivity index (χ0) is 28.1. The van der Waals surface area contributed by atoms with E-state index >= 15 is 0 Å². The monoisotopic (exact) mass is 653 g/mol. The molecule has 3 amide bonds. The van der Waals surface area contributed by atoms with E-state index in [0.29, 0.717) is 28.3 Å². The summed E-state index contributed by atoms with van der Waals surface area (Å²) in [5, 5.41) is 11.6. The molecule has 198 valence electrons. The molecule has 39 heavy (non-hydrogen) atoms. The Morgan fingerprint density at radius 1 is 1.15 bits per heavy atom. The number of aryl methyl sites for hydroxylation is 1. The summed E-state index contributed by atoms with van der Waals surface area (Å²) in [5.74, 6) is -0.0552. The third kappa shape index (κ3) is 6.43. The summed E-state index contributed by atoms with van der Waals surface area (Å²) in [4.78, 5) is 39.4. The molecule has 0 radical (unpaired) electrons. The second-order valence-electron chi connectivity index (χ2n) is 8.66. The van der Waals surface area contributed by atoms with E-state index in [0.717, 1.165) is 36.9 Å². The van der Waals surface area contributed by atoms with Gasteiger partial charge in [-0.1, -0.05) is 30.3 Å². The zero-order valence-electron chi connectivity index (χ0n) is 21.4. The summed E-state index contributed by atoms with van der Waals surface area (Å²) < 4.78 is 12.2. The predicted octanol–water partition coefficient (Wildman–Crippen LogP) is 6.04. The van der Waals surface area contributed by atoms with Crippen molar-refractivity contribution in [3.8, 4) is 17.6 Å². The van der Waals surface area contributed by atoms with E-state index in [2.05, 4.69) is 34.0 Å². The molecule has 0 unspecified atom stereocenters. The first-order valence-electron chi connectivity index (χ1n) is 11.8. The van der Waals surface area contributed by atoms with Crippen LogP contribution in [0.2, 0.25) is 0 Å². The highest BCUT2D eigenvalue weighted by Gasteiger charge is 2.36. The Balaban J connectivity index is 1.49. The van der Waals surface area contributed by atoms with Crippen LogP contribution < -0.4 is 14.8 Å². The number of carbonyl (C=O) groups is 3. The number of nitriles is 1. The van der Waals surface area contributed by atoms with Crippen LogP contribution in [-0.2, 0) is 16.2 Å². The number of carbonyl (C=O) groups excluding carboxylic acids is 3. The van der Waals surface area contributed by atoms with Gasteiger partial charge in [-0.2, -0.15) is 5.26 Å². The molecule has 1 fully saturated rings. The van der Waals surface area contributed by atoms with Crippen molar-refractivity contribution >= 4 is 63.2 Å². The minimum Gasteiger partial charge on any atom is -0.493 e. The molecule has 1 aliphatic heterocycles. The molecule has 0 saturated carbocycles. The molecule has 1 saturated heterocycles. The minimum absolute atomic E-state index is 0.179. The Morgan fingerprint density at radius 2 is 1.92 bits per heavy atom. The third-order valence-corrected chi connectivity index (χ3v) is 7.82. The highest BCUT2D eigenvalue weighted by molar-refractivity contribution is 14.1. The van der Waals surface area contributed by atoms with Gasteiger partial charge in [0.15, 0.2) is 11.5 Å². The fraction of sp³-hybridized carbons (Fsp3) is 0.172. The van der Waals surface area contributed by atoms with Gasteiger partial charge in [0.1, 0.15) is 13.2 Å². The lowest BCUT2D eigenvalue weighted by Crippen LogP contribution is -2.36. The first kappa shape index (κ1) is 28.2. The summed E-state index contributed by atoms with van der Waals surface area (Å²) in [7, 11) is 1.51. The predicted molar refractivity (Wildman–Crippen MR) is 158 cm³/mol. The summed E-state index contributed by atoms with van der Waals surface area (Å²) in [6, 6.07) is 18.4. The average Bonchev–Trinajstić information content (AvgIpc) is 3.17. The number of ether oxygens (including phenoxy) is 2. The second-order valence-corrected chi connectivity index (χ2v) is 10.8. The molecule has 4 rings (SSSR count). The van der Waals surface area contributed by atoms with Gasteiger partial charge in [-0.25, -0.2) is 0 Å². The molecule has 10 heteroatoms. The van der Waals surface area contributed by atoms with Gasteiger partial charge in [-0.15, -0.1) is 0 Å². The van der Waals surface area contributed by atoms with Gasteiger partial charge in [0.25, 0.3) is 11.1 Å². The van der Waals surface area contributed by atoms with Crippen LogP contribution in [0.3, 0.4) is 0 Å². The first-order valence-corrected chi connectivity index (χ1v) is 13.7. The number of amides is 3. The topological polar surface area (TPSA) is 109 Å². The van der Waals surface area contributed by atoms with Crippen LogP contribution in [0.1, 0.15) is 27.8 Å². The Morgan fingerprint density at radius 3 is 2.67 bits per heavy atom. The molecule has 3 aromatic rings. The molecule has 0 aliphatic carbocycles. The Kier molecular flexibility index (Phi) is 8.93. The van der Waals surface area contributed by atoms with Gasteiger partial charge in [0, 0.05) is 11.3 Å². The van der Waals surface area contributed by atoms with Gasteiger partial charge in [0.2, 0.25) is 5.91 Å². The van der Waals surface area contributed by atoms with Crippen LogP contribution in [0.25, 0.3) is 6.08 Å². The maximum atomic E-state index is 13.0. The Bertz CT molecular complexity index is 1550. The molecular weight excluding hydrogens is 629 g/mol. The number of hydrogen-bond acceptors (Lipinski definition) is 7. The minimum atomic E-state index is -0.538. The van der Waals surface area contributed by atoms with Crippen molar-refractivity contribution in [2.75, 3.05) is 19.0 Å². The van der Waals surface area contributed by atoms with Crippen LogP contribution in [0.15, 0.2) is 59.5 Å². The summed E-state index contributed by atoms with van der Waals surface area (Å²) >= 11 is 2.88. The van der Waals surface area contributed by atoms with Crippen molar-refractivity contribution in [1.82, 2.24) is 4.90 Å². The van der Waals surface area contributed by atoms with E-state index in [4.69, 9.17) is 9.47 Å². The summed E-state index contributed by atoms with van der Waals surface area (Å²) in [6.07, 6.45) is 1.59. The fourth-order valence-electron chi connectivity index (χ4n) is 3.88. The van der Waals surface area contributed by atoms with Crippen LogP contribution in [0.5, 0.6) is 11.5 Å². The number of benzene rings is 3. The highest BCUT2D eigenvalue weighted by Crippen LogP contribution is 2.37. The number of halogens is 1. The van der Waals surface area contributed by atoms with Crippen molar-refractivity contribution in [2.24, 2.45) is 0 Å². The van der Waals surface area contributed by atoms with E-state index in [1.807, 2.05) is 38.1 Å². The molecule has 3 aromatic carbocycles. The lowest BCUT2D eigenvalue weighted by molar-refractivity contribution is -0.127. The van der Waals surface area contributed by atoms with Crippen LogP contribution >= 0.6 is 34.4 Å². The lowest BCUT2D eigenvalue weighted by Gasteiger charge is -2.15. The quantitative estimate of drug-likeness (QED) is 0.233. The molecular formula is C29H24IN3O5S. The van der Waals surface area contributed by atoms with Gasteiger partial charge in [0.05, 0.1) is 27.2 Å². The maximum absolute atomic E-state index is 13.0. The first-order chi connectivity index (χ1) is 18.7. The van der Waals surface area contributed by atoms with Crippen LogP contribution in [0, 0.1) is 28.7 Å². The number of imide groups is 1. The standard InChI is InChI=1S/C29H24IN3O5S/c1-17-7-6-10-23(18(17)2)32-26(34)15-33-28(35)25(39-29(33)36)13-19-11-22(30)27(24(12-19)37-3)38-16-21-9-5-4-8-20(21)14-31/h4-13H,15-16H2,1-3H3,(H,32,34)/b25-13+. The van der Waals surface area contributed by atoms with E-state index < -0.39 is 17.1 Å². The van der Waals surface area contributed by atoms with Crippen molar-refractivity contribution < 1.29 is 23.9 Å².